The van der Waals surface area contributed by atoms with E-state index in [1.54, 1.807) is 0 Å². The molecule has 2 heterocycles. The Bertz CT molecular complexity index is 379. The van der Waals surface area contributed by atoms with Crippen molar-refractivity contribution >= 4 is 6.29 Å². The summed E-state index contributed by atoms with van der Waals surface area (Å²) in [5.41, 5.74) is 2.99. The van der Waals surface area contributed by atoms with Crippen molar-refractivity contribution in [1.29, 1.82) is 0 Å². The van der Waals surface area contributed by atoms with Crippen molar-refractivity contribution < 1.29 is 4.79 Å². The van der Waals surface area contributed by atoms with E-state index in [0.717, 1.165) is 36.3 Å². The van der Waals surface area contributed by atoms with Gasteiger partial charge in [-0.1, -0.05) is 0 Å². The van der Waals surface area contributed by atoms with Gasteiger partial charge in [-0.15, -0.1) is 0 Å². The van der Waals surface area contributed by atoms with Crippen LogP contribution in [0.5, 0.6) is 0 Å². The largest absolute Gasteiger partial charge is 0.307 e. The zero-order valence-electron chi connectivity index (χ0n) is 7.99. The third-order valence-electron chi connectivity index (χ3n) is 3.26. The van der Waals surface area contributed by atoms with Crippen molar-refractivity contribution in [3.05, 3.63) is 17.0 Å². The second-order valence-electron chi connectivity index (χ2n) is 4.06. The fraction of sp³-hybridized carbons (Fsp3) is 0.600. The number of aromatic nitrogens is 2. The first-order valence-corrected chi connectivity index (χ1v) is 5.16. The molecule has 0 aromatic carbocycles. The molecular formula is C10H13N3O. The number of hydrogen-bond acceptors (Lipinski definition) is 3. The summed E-state index contributed by atoms with van der Waals surface area (Å²) >= 11 is 0. The van der Waals surface area contributed by atoms with Gasteiger partial charge in [0.25, 0.3) is 0 Å². The topological polar surface area (TPSA) is 46.9 Å². The molecule has 4 heteroatoms. The molecule has 0 atom stereocenters. The molecular weight excluding hydrogens is 178 g/mol. The number of fused-ring (bicyclic) bond motifs is 1. The summed E-state index contributed by atoms with van der Waals surface area (Å²) in [5, 5.41) is 7.72. The number of aldehydes is 1. The summed E-state index contributed by atoms with van der Waals surface area (Å²) in [6.45, 7) is 1.62. The minimum absolute atomic E-state index is 0.487. The number of nitrogens with one attached hydrogen (secondary N) is 1. The predicted octanol–water partition coefficient (Wildman–Crippen LogP) is 1.02. The molecule has 3 rings (SSSR count). The summed E-state index contributed by atoms with van der Waals surface area (Å²) in [7, 11) is 0. The van der Waals surface area contributed by atoms with Gasteiger partial charge in [0.1, 0.15) is 5.69 Å². The van der Waals surface area contributed by atoms with Crippen LogP contribution < -0.4 is 5.32 Å². The van der Waals surface area contributed by atoms with Crippen molar-refractivity contribution in [1.82, 2.24) is 15.1 Å². The smallest absolute Gasteiger partial charge is 0.168 e. The van der Waals surface area contributed by atoms with Crippen molar-refractivity contribution in [2.24, 2.45) is 0 Å². The van der Waals surface area contributed by atoms with E-state index < -0.39 is 0 Å². The van der Waals surface area contributed by atoms with Gasteiger partial charge in [-0.3, -0.25) is 9.48 Å². The zero-order chi connectivity index (χ0) is 9.54. The van der Waals surface area contributed by atoms with Crippen molar-refractivity contribution in [3.63, 3.8) is 0 Å². The molecule has 1 N–H and O–H groups in total. The van der Waals surface area contributed by atoms with Gasteiger partial charge < -0.3 is 5.32 Å². The van der Waals surface area contributed by atoms with Gasteiger partial charge in [0.2, 0.25) is 0 Å². The highest BCUT2D eigenvalue weighted by molar-refractivity contribution is 5.75. The highest BCUT2D eigenvalue weighted by Gasteiger charge is 2.28. The minimum Gasteiger partial charge on any atom is -0.307 e. The van der Waals surface area contributed by atoms with Gasteiger partial charge >= 0.3 is 0 Å². The molecule has 1 aliphatic carbocycles. The summed E-state index contributed by atoms with van der Waals surface area (Å²) in [5.74, 6) is 0. The molecule has 14 heavy (non-hydrogen) atoms. The molecule has 1 aromatic heterocycles. The molecule has 0 amide bonds. The maximum atomic E-state index is 11.0. The SMILES string of the molecule is O=Cc1c2c(nn1C1CCC1)CNC2. The van der Waals surface area contributed by atoms with E-state index in [1.807, 2.05) is 4.68 Å². The molecule has 0 spiro atoms. The standard InChI is InChI=1S/C10H13N3O/c14-6-10-8-4-11-5-9(8)12-13(10)7-2-1-3-7/h6-7,11H,1-5H2. The number of hydrogen-bond donors (Lipinski definition) is 1. The lowest BCUT2D eigenvalue weighted by Gasteiger charge is -2.26. The quantitative estimate of drug-likeness (QED) is 0.710. The van der Waals surface area contributed by atoms with E-state index in [4.69, 9.17) is 0 Å². The number of nitrogens with zero attached hydrogens (tertiary/aromatic N) is 2. The molecule has 0 saturated heterocycles. The molecule has 1 aromatic rings. The fourth-order valence-electron chi connectivity index (χ4n) is 2.21. The van der Waals surface area contributed by atoms with E-state index in [1.165, 1.54) is 19.3 Å². The average Bonchev–Trinajstić information content (AvgIpc) is 2.60. The van der Waals surface area contributed by atoms with Gasteiger partial charge in [0.15, 0.2) is 6.29 Å². The molecule has 2 aliphatic rings. The molecule has 4 nitrogen and oxygen atoms in total. The summed E-state index contributed by atoms with van der Waals surface area (Å²) in [4.78, 5) is 11.0. The maximum Gasteiger partial charge on any atom is 0.168 e. The van der Waals surface area contributed by atoms with E-state index in [9.17, 15) is 4.79 Å². The Morgan fingerprint density at radius 3 is 2.93 bits per heavy atom. The van der Waals surface area contributed by atoms with Gasteiger partial charge in [-0.05, 0) is 19.3 Å². The number of carbonyl (C=O) groups excluding carboxylic acids is 1. The maximum absolute atomic E-state index is 11.0. The second-order valence-corrected chi connectivity index (χ2v) is 4.06. The van der Waals surface area contributed by atoms with Gasteiger partial charge in [-0.2, -0.15) is 5.10 Å². The highest BCUT2D eigenvalue weighted by atomic mass is 16.1. The Morgan fingerprint density at radius 1 is 1.43 bits per heavy atom. The Morgan fingerprint density at radius 2 is 2.29 bits per heavy atom. The van der Waals surface area contributed by atoms with Crippen LogP contribution in [-0.4, -0.2) is 16.1 Å². The monoisotopic (exact) mass is 191 g/mol. The Hall–Kier alpha value is -1.16. The lowest BCUT2D eigenvalue weighted by atomic mass is 9.93. The fourth-order valence-corrected chi connectivity index (χ4v) is 2.21. The third kappa shape index (κ3) is 0.973. The number of carbonyl (C=O) groups is 1. The molecule has 0 radical (unpaired) electrons. The van der Waals surface area contributed by atoms with Crippen LogP contribution in [0.15, 0.2) is 0 Å². The van der Waals surface area contributed by atoms with Crippen LogP contribution in [0, 0.1) is 0 Å². The van der Waals surface area contributed by atoms with Crippen molar-refractivity contribution in [3.8, 4) is 0 Å². The molecule has 1 saturated carbocycles. The van der Waals surface area contributed by atoms with Crippen LogP contribution in [0.25, 0.3) is 0 Å². The van der Waals surface area contributed by atoms with Gasteiger partial charge in [0, 0.05) is 18.7 Å². The molecule has 0 unspecified atom stereocenters. The van der Waals surface area contributed by atoms with Crippen LogP contribution in [0.4, 0.5) is 0 Å². The van der Waals surface area contributed by atoms with Crippen LogP contribution in [0.2, 0.25) is 0 Å². The first kappa shape index (κ1) is 8.17. The first-order chi connectivity index (χ1) is 6.90. The van der Waals surface area contributed by atoms with Crippen molar-refractivity contribution in [2.45, 2.75) is 38.4 Å². The molecule has 1 fully saturated rings. The van der Waals surface area contributed by atoms with Gasteiger partial charge in [0.05, 0.1) is 11.7 Å². The molecule has 1 aliphatic heterocycles. The Balaban J connectivity index is 2.06. The summed E-state index contributed by atoms with van der Waals surface area (Å²) in [6.07, 6.45) is 4.58. The average molecular weight is 191 g/mol. The lowest BCUT2D eigenvalue weighted by Crippen LogP contribution is -2.21. The van der Waals surface area contributed by atoms with Crippen LogP contribution in [0.1, 0.15) is 47.1 Å². The van der Waals surface area contributed by atoms with E-state index in [2.05, 4.69) is 10.4 Å². The molecule has 0 bridgehead atoms. The Labute approximate surface area is 82.3 Å². The highest BCUT2D eigenvalue weighted by Crippen LogP contribution is 2.33. The first-order valence-electron chi connectivity index (χ1n) is 5.16. The van der Waals surface area contributed by atoms with Crippen LogP contribution in [0.3, 0.4) is 0 Å². The predicted molar refractivity (Wildman–Crippen MR) is 51.0 cm³/mol. The molecule has 74 valence electrons. The van der Waals surface area contributed by atoms with Crippen LogP contribution >= 0.6 is 0 Å². The second kappa shape index (κ2) is 2.92. The van der Waals surface area contributed by atoms with E-state index >= 15 is 0 Å². The lowest BCUT2D eigenvalue weighted by molar-refractivity contribution is 0.110. The summed E-state index contributed by atoms with van der Waals surface area (Å²) < 4.78 is 1.95. The summed E-state index contributed by atoms with van der Waals surface area (Å²) in [6, 6.07) is 0.487. The van der Waals surface area contributed by atoms with Crippen LogP contribution in [-0.2, 0) is 13.1 Å². The van der Waals surface area contributed by atoms with Crippen molar-refractivity contribution in [2.75, 3.05) is 0 Å². The van der Waals surface area contributed by atoms with E-state index in [-0.39, 0.29) is 0 Å². The minimum atomic E-state index is 0.487. The number of rotatable bonds is 2. The zero-order valence-corrected chi connectivity index (χ0v) is 7.99. The third-order valence-corrected chi connectivity index (χ3v) is 3.26. The normalized spacial score (nSPS) is 20.6. The Kier molecular flexibility index (Phi) is 1.70. The van der Waals surface area contributed by atoms with E-state index in [0.29, 0.717) is 6.04 Å². The van der Waals surface area contributed by atoms with Gasteiger partial charge in [-0.25, -0.2) is 0 Å².